The third-order valence-corrected chi connectivity index (χ3v) is 6.82. The second-order valence-electron chi connectivity index (χ2n) is 6.96. The van der Waals surface area contributed by atoms with Crippen molar-refractivity contribution in [3.8, 4) is 11.5 Å². The van der Waals surface area contributed by atoms with Crippen LogP contribution in [0.2, 0.25) is 0 Å². The molecule has 1 fully saturated rings. The second-order valence-corrected chi connectivity index (χ2v) is 8.90. The number of piperidine rings is 1. The maximum absolute atomic E-state index is 12.8. The van der Waals surface area contributed by atoms with Crippen LogP contribution in [0.25, 0.3) is 0 Å². The molecule has 0 aliphatic carbocycles. The van der Waals surface area contributed by atoms with Gasteiger partial charge in [-0.2, -0.15) is 4.31 Å². The Morgan fingerprint density at radius 3 is 2.50 bits per heavy atom. The summed E-state index contributed by atoms with van der Waals surface area (Å²) in [5.41, 5.74) is 1.08. The zero-order valence-electron chi connectivity index (χ0n) is 17.2. The Balaban J connectivity index is 1.64. The number of hydrogen-bond acceptors (Lipinski definition) is 6. The van der Waals surface area contributed by atoms with Crippen molar-refractivity contribution in [2.75, 3.05) is 44.5 Å². The van der Waals surface area contributed by atoms with Gasteiger partial charge in [0, 0.05) is 24.8 Å². The van der Waals surface area contributed by atoms with E-state index in [2.05, 4.69) is 10.6 Å². The fourth-order valence-corrected chi connectivity index (χ4v) is 4.86. The standard InChI is InChI=1S/C21H27N3O5S/c1-28-17-9-10-19(20(14-17)29-2)23-21(25)15-22-16-7-6-8-18(13-16)30(26,27)24-11-4-3-5-12-24/h6-10,13-14,22H,3-5,11-12,15H2,1-2H3,(H,23,25). The number of methoxy groups -OCH3 is 2. The van der Waals surface area contributed by atoms with Crippen molar-refractivity contribution in [3.05, 3.63) is 42.5 Å². The third kappa shape index (κ3) is 5.22. The second kappa shape index (κ2) is 9.82. The van der Waals surface area contributed by atoms with E-state index in [4.69, 9.17) is 9.47 Å². The maximum atomic E-state index is 12.8. The van der Waals surface area contributed by atoms with Crippen molar-refractivity contribution in [1.29, 1.82) is 0 Å². The van der Waals surface area contributed by atoms with Crippen LogP contribution >= 0.6 is 0 Å². The van der Waals surface area contributed by atoms with Crippen molar-refractivity contribution in [2.24, 2.45) is 0 Å². The van der Waals surface area contributed by atoms with E-state index in [0.717, 1.165) is 19.3 Å². The molecule has 2 aromatic rings. The van der Waals surface area contributed by atoms with Crippen LogP contribution in [-0.4, -0.2) is 52.5 Å². The molecule has 1 heterocycles. The predicted octanol–water partition coefficient (Wildman–Crippen LogP) is 2.93. The molecule has 2 N–H and O–H groups in total. The highest BCUT2D eigenvalue weighted by Gasteiger charge is 2.26. The lowest BCUT2D eigenvalue weighted by Gasteiger charge is -2.26. The first-order valence-corrected chi connectivity index (χ1v) is 11.2. The van der Waals surface area contributed by atoms with Gasteiger partial charge >= 0.3 is 0 Å². The van der Waals surface area contributed by atoms with Gasteiger partial charge in [-0.05, 0) is 43.2 Å². The smallest absolute Gasteiger partial charge is 0.243 e. The summed E-state index contributed by atoms with van der Waals surface area (Å²) in [5, 5.41) is 5.75. The molecule has 0 radical (unpaired) electrons. The Hall–Kier alpha value is -2.78. The van der Waals surface area contributed by atoms with E-state index in [1.54, 1.807) is 49.6 Å². The van der Waals surface area contributed by atoms with Gasteiger partial charge in [-0.3, -0.25) is 4.79 Å². The van der Waals surface area contributed by atoms with Crippen molar-refractivity contribution in [3.63, 3.8) is 0 Å². The molecule has 1 aliphatic rings. The van der Waals surface area contributed by atoms with Crippen molar-refractivity contribution >= 4 is 27.3 Å². The molecule has 1 aliphatic heterocycles. The molecule has 1 amide bonds. The molecule has 0 atom stereocenters. The van der Waals surface area contributed by atoms with Crippen LogP contribution in [0.5, 0.6) is 11.5 Å². The Kier molecular flexibility index (Phi) is 7.17. The minimum atomic E-state index is -3.52. The van der Waals surface area contributed by atoms with Crippen LogP contribution in [0.4, 0.5) is 11.4 Å². The van der Waals surface area contributed by atoms with Gasteiger partial charge < -0.3 is 20.1 Å². The fourth-order valence-electron chi connectivity index (χ4n) is 3.30. The first kappa shape index (κ1) is 21.9. The van der Waals surface area contributed by atoms with Gasteiger partial charge in [0.25, 0.3) is 0 Å². The number of amides is 1. The number of nitrogens with zero attached hydrogens (tertiary/aromatic N) is 1. The molecule has 0 saturated carbocycles. The molecule has 2 aromatic carbocycles. The van der Waals surface area contributed by atoms with Crippen LogP contribution in [-0.2, 0) is 14.8 Å². The Morgan fingerprint density at radius 1 is 1.03 bits per heavy atom. The summed E-state index contributed by atoms with van der Waals surface area (Å²) >= 11 is 0. The topological polar surface area (TPSA) is 97.0 Å². The van der Waals surface area contributed by atoms with Gasteiger partial charge in [0.2, 0.25) is 15.9 Å². The van der Waals surface area contributed by atoms with Gasteiger partial charge in [0.15, 0.2) is 0 Å². The van der Waals surface area contributed by atoms with Gasteiger partial charge in [0.1, 0.15) is 11.5 Å². The van der Waals surface area contributed by atoms with Crippen molar-refractivity contribution in [1.82, 2.24) is 4.31 Å². The number of carbonyl (C=O) groups excluding carboxylic acids is 1. The van der Waals surface area contributed by atoms with E-state index in [1.807, 2.05) is 0 Å². The van der Waals surface area contributed by atoms with E-state index < -0.39 is 10.0 Å². The number of benzene rings is 2. The highest BCUT2D eigenvalue weighted by molar-refractivity contribution is 7.89. The van der Waals surface area contributed by atoms with Crippen molar-refractivity contribution in [2.45, 2.75) is 24.2 Å². The van der Waals surface area contributed by atoms with E-state index in [0.29, 0.717) is 36.0 Å². The minimum Gasteiger partial charge on any atom is -0.497 e. The average Bonchev–Trinajstić information content (AvgIpc) is 2.78. The lowest BCUT2D eigenvalue weighted by molar-refractivity contribution is -0.114. The first-order chi connectivity index (χ1) is 14.4. The van der Waals surface area contributed by atoms with E-state index in [-0.39, 0.29) is 17.3 Å². The average molecular weight is 434 g/mol. The van der Waals surface area contributed by atoms with Gasteiger partial charge in [-0.15, -0.1) is 0 Å². The molecular formula is C21H27N3O5S. The molecule has 162 valence electrons. The van der Waals surface area contributed by atoms with E-state index >= 15 is 0 Å². The summed E-state index contributed by atoms with van der Waals surface area (Å²) in [7, 11) is -0.460. The minimum absolute atomic E-state index is 0.0254. The largest absolute Gasteiger partial charge is 0.497 e. The number of hydrogen-bond donors (Lipinski definition) is 2. The number of rotatable bonds is 8. The highest BCUT2D eigenvalue weighted by Crippen LogP contribution is 2.29. The lowest BCUT2D eigenvalue weighted by atomic mass is 10.2. The Labute approximate surface area is 177 Å². The van der Waals surface area contributed by atoms with Gasteiger partial charge in [-0.25, -0.2) is 8.42 Å². The quantitative estimate of drug-likeness (QED) is 0.664. The van der Waals surface area contributed by atoms with Gasteiger partial charge in [0.05, 0.1) is 31.3 Å². The summed E-state index contributed by atoms with van der Waals surface area (Å²) in [6, 6.07) is 11.6. The molecule has 0 spiro atoms. The van der Waals surface area contributed by atoms with Crippen molar-refractivity contribution < 1.29 is 22.7 Å². The van der Waals surface area contributed by atoms with Crippen LogP contribution in [0, 0.1) is 0 Å². The molecule has 0 bridgehead atoms. The monoisotopic (exact) mass is 433 g/mol. The Morgan fingerprint density at radius 2 is 1.80 bits per heavy atom. The molecule has 9 heteroatoms. The summed E-state index contributed by atoms with van der Waals surface area (Å²) in [6.07, 6.45) is 2.82. The normalized spacial score (nSPS) is 14.7. The Bertz CT molecular complexity index is 988. The van der Waals surface area contributed by atoms with E-state index in [1.165, 1.54) is 11.4 Å². The zero-order valence-corrected chi connectivity index (χ0v) is 18.0. The van der Waals surface area contributed by atoms with E-state index in [9.17, 15) is 13.2 Å². The molecule has 1 saturated heterocycles. The van der Waals surface area contributed by atoms with Crippen LogP contribution < -0.4 is 20.1 Å². The zero-order chi connectivity index (χ0) is 21.6. The van der Waals surface area contributed by atoms with Crippen LogP contribution in [0.3, 0.4) is 0 Å². The fraction of sp³-hybridized carbons (Fsp3) is 0.381. The third-order valence-electron chi connectivity index (χ3n) is 4.92. The number of sulfonamides is 1. The molecular weight excluding hydrogens is 406 g/mol. The molecule has 0 aromatic heterocycles. The molecule has 8 nitrogen and oxygen atoms in total. The summed E-state index contributed by atoms with van der Waals surface area (Å²) in [4.78, 5) is 12.6. The molecule has 3 rings (SSSR count). The van der Waals surface area contributed by atoms with Crippen LogP contribution in [0.1, 0.15) is 19.3 Å². The van der Waals surface area contributed by atoms with Crippen LogP contribution in [0.15, 0.2) is 47.4 Å². The summed E-state index contributed by atoms with van der Waals surface area (Å²) in [6.45, 7) is 1.07. The van der Waals surface area contributed by atoms with Gasteiger partial charge in [-0.1, -0.05) is 12.5 Å². The number of ether oxygens (including phenoxy) is 2. The number of carbonyl (C=O) groups is 1. The lowest BCUT2D eigenvalue weighted by Crippen LogP contribution is -2.35. The first-order valence-electron chi connectivity index (χ1n) is 9.80. The number of nitrogens with one attached hydrogen (secondary N) is 2. The SMILES string of the molecule is COc1ccc(NC(=O)CNc2cccc(S(=O)(=O)N3CCCCC3)c2)c(OC)c1. The summed E-state index contributed by atoms with van der Waals surface area (Å²) < 4.78 is 37.6. The summed E-state index contributed by atoms with van der Waals surface area (Å²) in [5.74, 6) is 0.815. The predicted molar refractivity (Wildman–Crippen MR) is 116 cm³/mol. The number of anilines is 2. The molecule has 30 heavy (non-hydrogen) atoms. The maximum Gasteiger partial charge on any atom is 0.243 e. The molecule has 0 unspecified atom stereocenters. The highest BCUT2D eigenvalue weighted by atomic mass is 32.2.